The molecule has 3 aliphatic heterocycles. The van der Waals surface area contributed by atoms with Crippen LogP contribution in [0.3, 0.4) is 0 Å². The number of hydrogen-bond acceptors (Lipinski definition) is 5. The van der Waals surface area contributed by atoms with Gasteiger partial charge in [0.1, 0.15) is 5.03 Å². The van der Waals surface area contributed by atoms with E-state index in [1.54, 1.807) is 11.8 Å². The third-order valence-electron chi connectivity index (χ3n) is 5.28. The zero-order valence-corrected chi connectivity index (χ0v) is 13.7. The van der Waals surface area contributed by atoms with Gasteiger partial charge in [0, 0.05) is 30.6 Å². The molecule has 1 aromatic heterocycles. The monoisotopic (exact) mass is 325 g/mol. The molecule has 4 heterocycles. The van der Waals surface area contributed by atoms with Gasteiger partial charge in [0.05, 0.1) is 23.2 Å². The molecule has 0 radical (unpaired) electrons. The summed E-state index contributed by atoms with van der Waals surface area (Å²) in [6, 6.07) is 10.1. The van der Waals surface area contributed by atoms with Crippen LogP contribution in [0.5, 0.6) is 0 Å². The molecule has 2 aromatic rings. The highest BCUT2D eigenvalue weighted by Crippen LogP contribution is 2.69. The number of nitrogens with zero attached hydrogens (tertiary/aromatic N) is 3. The first-order valence-corrected chi connectivity index (χ1v) is 9.31. The predicted octanol–water partition coefficient (Wildman–Crippen LogP) is 2.49. The second-order valence-electron chi connectivity index (χ2n) is 6.32. The minimum absolute atomic E-state index is 0.363. The second-order valence-corrected chi connectivity index (χ2v) is 7.81. The van der Waals surface area contributed by atoms with Crippen molar-refractivity contribution >= 4 is 23.5 Å². The molecule has 3 saturated heterocycles. The Labute approximate surface area is 138 Å². The lowest BCUT2D eigenvalue weighted by molar-refractivity contribution is 0.405. The molecule has 0 amide bonds. The van der Waals surface area contributed by atoms with E-state index in [0.717, 1.165) is 28.2 Å². The molecule has 4 aliphatic rings. The molecule has 4 fully saturated rings. The van der Waals surface area contributed by atoms with Crippen molar-refractivity contribution in [3.05, 3.63) is 41.6 Å². The van der Waals surface area contributed by atoms with E-state index in [9.17, 15) is 0 Å². The first-order chi connectivity index (χ1) is 10.9. The van der Waals surface area contributed by atoms with Crippen LogP contribution in [0.15, 0.2) is 35.4 Å². The summed E-state index contributed by atoms with van der Waals surface area (Å²) in [6.45, 7) is 3.76. The average molecular weight is 325 g/mol. The van der Waals surface area contributed by atoms with Gasteiger partial charge < -0.3 is 4.90 Å². The number of aromatic nitrogens is 2. The molecule has 2 unspecified atom stereocenters. The number of rotatable bonds is 3. The van der Waals surface area contributed by atoms with Gasteiger partial charge >= 0.3 is 0 Å². The molecule has 1 aliphatic carbocycles. The maximum atomic E-state index is 4.66. The van der Waals surface area contributed by atoms with Crippen molar-refractivity contribution in [2.24, 2.45) is 11.8 Å². The Bertz CT molecular complexity index is 762. The molecule has 1 aromatic carbocycles. The van der Waals surface area contributed by atoms with Crippen LogP contribution in [0, 0.1) is 23.7 Å². The van der Waals surface area contributed by atoms with E-state index in [1.807, 2.05) is 30.3 Å². The summed E-state index contributed by atoms with van der Waals surface area (Å²) in [4.78, 5) is 2.58. The summed E-state index contributed by atoms with van der Waals surface area (Å²) in [7, 11) is 0. The fraction of sp³-hybridized carbons (Fsp3) is 0.412. The van der Waals surface area contributed by atoms with Gasteiger partial charge in [-0.25, -0.2) is 0 Å². The van der Waals surface area contributed by atoms with E-state index in [0.29, 0.717) is 5.41 Å². The van der Waals surface area contributed by atoms with E-state index in [2.05, 4.69) is 25.5 Å². The van der Waals surface area contributed by atoms with Crippen LogP contribution >= 0.6 is 23.5 Å². The molecule has 6 rings (SSSR count). The van der Waals surface area contributed by atoms with Crippen molar-refractivity contribution < 1.29 is 0 Å². The molecular weight excluding hydrogens is 310 g/mol. The van der Waals surface area contributed by atoms with E-state index < -0.39 is 0 Å². The third-order valence-corrected chi connectivity index (χ3v) is 6.77. The lowest BCUT2D eigenvalue weighted by Gasteiger charge is -2.08. The summed E-state index contributed by atoms with van der Waals surface area (Å²) in [5, 5.41) is 1.13. The van der Waals surface area contributed by atoms with Crippen LogP contribution in [0.25, 0.3) is 0 Å². The van der Waals surface area contributed by atoms with Gasteiger partial charge in [-0.3, -0.25) is 0 Å². The van der Waals surface area contributed by atoms with E-state index in [-0.39, 0.29) is 0 Å². The maximum Gasteiger partial charge on any atom is 0.135 e. The smallest absolute Gasteiger partial charge is 0.135 e. The van der Waals surface area contributed by atoms with Crippen LogP contribution in [0.2, 0.25) is 0 Å². The Morgan fingerprint density at radius 1 is 1.23 bits per heavy atom. The van der Waals surface area contributed by atoms with Gasteiger partial charge in [-0.15, -0.1) is 0 Å². The van der Waals surface area contributed by atoms with Crippen LogP contribution in [-0.4, -0.2) is 39.0 Å². The van der Waals surface area contributed by atoms with E-state index >= 15 is 0 Å². The summed E-state index contributed by atoms with van der Waals surface area (Å²) in [5.41, 5.74) is 2.71. The maximum absolute atomic E-state index is 4.66. The van der Waals surface area contributed by atoms with Gasteiger partial charge in [-0.2, -0.15) is 8.75 Å². The van der Waals surface area contributed by atoms with Crippen molar-refractivity contribution in [1.29, 1.82) is 0 Å². The standard InChI is InChI=1S/C17H15N3S2/c1-2-5-12(6-3-1)7-4-8-21-16-15(18-22-19-16)17-11-20-9-13(17)14(17)10-20/h1-3,5-6,13-14H,8-11H2/t13-,14+,17?. The largest absolute Gasteiger partial charge is 0.302 e. The van der Waals surface area contributed by atoms with Crippen LogP contribution in [0.1, 0.15) is 11.3 Å². The van der Waals surface area contributed by atoms with Crippen LogP contribution in [-0.2, 0) is 5.41 Å². The molecule has 0 spiro atoms. The summed E-state index contributed by atoms with van der Waals surface area (Å²) < 4.78 is 9.20. The van der Waals surface area contributed by atoms with E-state index in [1.165, 1.54) is 37.1 Å². The topological polar surface area (TPSA) is 29.0 Å². The normalized spacial score (nSPS) is 33.5. The molecule has 1 saturated carbocycles. The van der Waals surface area contributed by atoms with Gasteiger partial charge in [-0.05, 0) is 24.0 Å². The first-order valence-electron chi connectivity index (χ1n) is 7.60. The molecule has 4 atom stereocenters. The number of hydrogen-bond donors (Lipinski definition) is 0. The molecule has 3 nitrogen and oxygen atoms in total. The Morgan fingerprint density at radius 2 is 2.05 bits per heavy atom. The van der Waals surface area contributed by atoms with Crippen molar-refractivity contribution in [1.82, 2.24) is 13.6 Å². The Kier molecular flexibility index (Phi) is 2.88. The lowest BCUT2D eigenvalue weighted by atomic mass is 10.0. The highest BCUT2D eigenvalue weighted by Gasteiger charge is 2.76. The van der Waals surface area contributed by atoms with Crippen molar-refractivity contribution in [3.63, 3.8) is 0 Å². The zero-order valence-electron chi connectivity index (χ0n) is 12.0. The predicted molar refractivity (Wildman–Crippen MR) is 89.1 cm³/mol. The summed E-state index contributed by atoms with van der Waals surface area (Å²) >= 11 is 3.12. The zero-order chi connectivity index (χ0) is 14.6. The quantitative estimate of drug-likeness (QED) is 0.640. The third kappa shape index (κ3) is 1.81. The average Bonchev–Trinajstić information content (AvgIpc) is 3.15. The lowest BCUT2D eigenvalue weighted by Crippen LogP contribution is -2.16. The fourth-order valence-electron chi connectivity index (χ4n) is 4.30. The molecule has 110 valence electrons. The molecule has 0 N–H and O–H groups in total. The van der Waals surface area contributed by atoms with Gasteiger partial charge in [0.15, 0.2) is 0 Å². The Morgan fingerprint density at radius 3 is 2.77 bits per heavy atom. The van der Waals surface area contributed by atoms with Crippen LogP contribution in [0.4, 0.5) is 0 Å². The SMILES string of the molecule is C(#Cc1ccccc1)CSc1nsnc1C12CN3C[C@@H]1[C@@H]2C3. The Hall–Kier alpha value is -1.35. The van der Waals surface area contributed by atoms with Crippen molar-refractivity contribution in [3.8, 4) is 11.8 Å². The second kappa shape index (κ2) is 4.82. The number of piperidine rings is 3. The van der Waals surface area contributed by atoms with Gasteiger partial charge in [-0.1, -0.05) is 41.8 Å². The fourth-order valence-corrected chi connectivity index (χ4v) is 5.86. The molecule has 4 bridgehead atoms. The molecular formula is C17H15N3S2. The highest BCUT2D eigenvalue weighted by molar-refractivity contribution is 7.99. The van der Waals surface area contributed by atoms with Crippen molar-refractivity contribution in [2.75, 3.05) is 25.4 Å². The Balaban J connectivity index is 1.30. The van der Waals surface area contributed by atoms with Gasteiger partial charge in [0.2, 0.25) is 0 Å². The molecule has 5 heteroatoms. The minimum Gasteiger partial charge on any atom is -0.302 e. The van der Waals surface area contributed by atoms with Crippen molar-refractivity contribution in [2.45, 2.75) is 10.4 Å². The van der Waals surface area contributed by atoms with E-state index in [4.69, 9.17) is 0 Å². The van der Waals surface area contributed by atoms with Gasteiger partial charge in [0.25, 0.3) is 0 Å². The number of thioether (sulfide) groups is 1. The molecule has 22 heavy (non-hydrogen) atoms. The van der Waals surface area contributed by atoms with Crippen LogP contribution < -0.4 is 0 Å². The minimum atomic E-state index is 0.363. The summed E-state index contributed by atoms with van der Waals surface area (Å²) in [5.74, 6) is 8.94. The number of benzene rings is 1. The highest BCUT2D eigenvalue weighted by atomic mass is 32.2. The summed E-state index contributed by atoms with van der Waals surface area (Å²) in [6.07, 6.45) is 0. The first kappa shape index (κ1) is 13.1.